The maximum absolute atomic E-state index is 13.4. The number of aliphatic carboxylic acids is 1. The van der Waals surface area contributed by atoms with Crippen molar-refractivity contribution in [3.8, 4) is 0 Å². The fourth-order valence-corrected chi connectivity index (χ4v) is 5.18. The molecule has 332 valence electrons. The van der Waals surface area contributed by atoms with Gasteiger partial charge >= 0.3 is 5.97 Å². The van der Waals surface area contributed by atoms with Crippen LogP contribution in [-0.4, -0.2) is 151 Å². The number of imidazole rings is 1. The summed E-state index contributed by atoms with van der Waals surface area (Å²) in [5.74, 6) is -9.66. The number of carbonyl (C=O) groups is 9. The van der Waals surface area contributed by atoms with E-state index in [0.29, 0.717) is 5.69 Å². The number of aromatic amines is 1. The molecule has 0 spiro atoms. The highest BCUT2D eigenvalue weighted by Crippen LogP contribution is 2.08. The molecule has 0 bridgehead atoms. The van der Waals surface area contributed by atoms with Gasteiger partial charge in [-0.3, -0.25) is 38.4 Å². The predicted molar refractivity (Wildman–Crippen MR) is 206 cm³/mol. The second kappa shape index (κ2) is 24.9. The van der Waals surface area contributed by atoms with Crippen LogP contribution in [0.2, 0.25) is 0 Å². The van der Waals surface area contributed by atoms with Gasteiger partial charge in [0.25, 0.3) is 0 Å². The van der Waals surface area contributed by atoms with Gasteiger partial charge in [0.1, 0.15) is 36.3 Å². The van der Waals surface area contributed by atoms with Crippen LogP contribution in [-0.2, 0) is 49.6 Å². The highest BCUT2D eigenvalue weighted by atomic mass is 16.4. The molecule has 16 N–H and O–H groups in total. The standard InChI is InChI=1S/C35H59N11O13/c1-15(2)9-21(31(54)46-27(18(6)49)35(58)59)42-28(51)17(5)40-32(55)23(12-47)44-29(52)20(7-8-25(36)50)41-33(56)24(13-48)45-30(53)22(10-19-11-38-14-39-19)43-34(57)26(37)16(3)4/h11,14-18,20-24,26-27,47-49H,7-10,12-13,37H2,1-6H3,(H2,36,50)(H,38,39)(H,40,55)(H,41,56)(H,42,51)(H,43,57)(H,44,52)(H,45,53)(H,46,54)(H,58,59)/t17-,18+,20-,21-,22-,23-,24-,26-,27-/m0/s1. The smallest absolute Gasteiger partial charge is 0.328 e. The fraction of sp³-hybridized carbons (Fsp3) is 0.657. The molecule has 8 amide bonds. The molecule has 1 heterocycles. The maximum Gasteiger partial charge on any atom is 0.328 e. The summed E-state index contributed by atoms with van der Waals surface area (Å²) in [5.41, 5.74) is 11.6. The molecule has 0 aliphatic heterocycles. The van der Waals surface area contributed by atoms with Crippen molar-refractivity contribution in [1.29, 1.82) is 0 Å². The van der Waals surface area contributed by atoms with Crippen LogP contribution in [0.1, 0.15) is 66.5 Å². The molecular weight excluding hydrogens is 782 g/mol. The number of nitrogens with two attached hydrogens (primary N) is 2. The first-order valence-electron chi connectivity index (χ1n) is 18.8. The van der Waals surface area contributed by atoms with Gasteiger partial charge in [-0.05, 0) is 38.5 Å². The van der Waals surface area contributed by atoms with Gasteiger partial charge in [-0.1, -0.05) is 27.7 Å². The molecule has 0 fully saturated rings. The van der Waals surface area contributed by atoms with E-state index in [-0.39, 0.29) is 24.7 Å². The third-order valence-corrected chi connectivity index (χ3v) is 8.71. The molecule has 24 heteroatoms. The van der Waals surface area contributed by atoms with Gasteiger partial charge in [-0.2, -0.15) is 0 Å². The van der Waals surface area contributed by atoms with E-state index >= 15 is 0 Å². The van der Waals surface area contributed by atoms with Crippen molar-refractivity contribution in [2.24, 2.45) is 23.3 Å². The van der Waals surface area contributed by atoms with Crippen LogP contribution in [0.3, 0.4) is 0 Å². The summed E-state index contributed by atoms with van der Waals surface area (Å²) < 4.78 is 0. The summed E-state index contributed by atoms with van der Waals surface area (Å²) in [4.78, 5) is 122. The van der Waals surface area contributed by atoms with Crippen molar-refractivity contribution in [1.82, 2.24) is 47.2 Å². The topological polar surface area (TPSA) is 399 Å². The van der Waals surface area contributed by atoms with E-state index in [2.05, 4.69) is 47.2 Å². The van der Waals surface area contributed by atoms with Crippen LogP contribution >= 0.6 is 0 Å². The minimum absolute atomic E-state index is 0.0360. The average molecular weight is 842 g/mol. The van der Waals surface area contributed by atoms with E-state index in [1.807, 2.05) is 0 Å². The number of rotatable bonds is 26. The highest BCUT2D eigenvalue weighted by Gasteiger charge is 2.34. The first-order chi connectivity index (χ1) is 27.5. The molecular formula is C35H59N11O13. The molecule has 9 atom stereocenters. The molecule has 0 unspecified atom stereocenters. The number of carbonyl (C=O) groups excluding carboxylic acids is 8. The number of hydrogen-bond donors (Lipinski definition) is 14. The average Bonchev–Trinajstić information content (AvgIpc) is 3.67. The molecule has 0 aromatic carbocycles. The molecule has 0 saturated carbocycles. The fourth-order valence-electron chi connectivity index (χ4n) is 5.18. The van der Waals surface area contributed by atoms with E-state index < -0.39 is 134 Å². The van der Waals surface area contributed by atoms with Crippen molar-refractivity contribution < 1.29 is 63.6 Å². The summed E-state index contributed by atoms with van der Waals surface area (Å²) in [5, 5.41) is 55.2. The van der Waals surface area contributed by atoms with E-state index in [1.165, 1.54) is 19.4 Å². The molecule has 1 aromatic heterocycles. The minimum atomic E-state index is -1.75. The number of H-pyrrole nitrogens is 1. The van der Waals surface area contributed by atoms with E-state index in [0.717, 1.165) is 6.92 Å². The Labute approximate surface area is 340 Å². The zero-order chi connectivity index (χ0) is 45.1. The highest BCUT2D eigenvalue weighted by molar-refractivity contribution is 5.97. The van der Waals surface area contributed by atoms with Crippen molar-refractivity contribution >= 4 is 53.2 Å². The van der Waals surface area contributed by atoms with Gasteiger partial charge in [0, 0.05) is 24.7 Å². The maximum atomic E-state index is 13.4. The van der Waals surface area contributed by atoms with Crippen LogP contribution in [0.25, 0.3) is 0 Å². The normalized spacial score (nSPS) is 15.8. The summed E-state index contributed by atoms with van der Waals surface area (Å²) in [6.07, 6.45) is 0.266. The zero-order valence-electron chi connectivity index (χ0n) is 33.8. The van der Waals surface area contributed by atoms with Crippen LogP contribution < -0.4 is 48.7 Å². The largest absolute Gasteiger partial charge is 0.480 e. The van der Waals surface area contributed by atoms with Crippen molar-refractivity contribution in [2.45, 2.75) is 122 Å². The van der Waals surface area contributed by atoms with E-state index in [9.17, 15) is 63.6 Å². The van der Waals surface area contributed by atoms with Gasteiger partial charge < -0.3 is 74.1 Å². The second-order valence-corrected chi connectivity index (χ2v) is 14.7. The van der Waals surface area contributed by atoms with Gasteiger partial charge in [0.2, 0.25) is 47.3 Å². The molecule has 59 heavy (non-hydrogen) atoms. The number of nitrogens with one attached hydrogen (secondary N) is 8. The Balaban J connectivity index is 3.11. The van der Waals surface area contributed by atoms with Crippen LogP contribution in [0.4, 0.5) is 0 Å². The number of aromatic nitrogens is 2. The number of carboxylic acid groups (broad SMARTS) is 1. The number of aliphatic hydroxyl groups is 3. The van der Waals surface area contributed by atoms with Gasteiger partial charge in [-0.15, -0.1) is 0 Å². The summed E-state index contributed by atoms with van der Waals surface area (Å²) in [7, 11) is 0. The van der Waals surface area contributed by atoms with Crippen molar-refractivity contribution in [3.05, 3.63) is 18.2 Å². The molecule has 0 aliphatic rings. The SMILES string of the molecule is CC(C)C[C@H](NC(=O)[C@H](C)NC(=O)[C@H](CO)NC(=O)[C@H](CCC(N)=O)NC(=O)[C@H](CO)NC(=O)[C@H](Cc1cnc[nH]1)NC(=O)[C@@H](N)C(C)C)C(=O)N[C@H](C(=O)O)[C@@H](C)O. The molecule has 1 rings (SSSR count). The lowest BCUT2D eigenvalue weighted by Crippen LogP contribution is -2.61. The lowest BCUT2D eigenvalue weighted by molar-refractivity contribution is -0.145. The van der Waals surface area contributed by atoms with Gasteiger partial charge in [0.15, 0.2) is 6.04 Å². The monoisotopic (exact) mass is 841 g/mol. The van der Waals surface area contributed by atoms with Crippen molar-refractivity contribution in [2.75, 3.05) is 13.2 Å². The Bertz CT molecular complexity index is 1610. The number of carboxylic acids is 1. The summed E-state index contributed by atoms with van der Waals surface area (Å²) in [6.45, 7) is 7.17. The molecule has 1 aromatic rings. The van der Waals surface area contributed by atoms with Crippen LogP contribution in [0.5, 0.6) is 0 Å². The Hall–Kier alpha value is -5.72. The Morgan fingerprint density at radius 2 is 1.15 bits per heavy atom. The number of aliphatic hydroxyl groups excluding tert-OH is 3. The summed E-state index contributed by atoms with van der Waals surface area (Å²) >= 11 is 0. The third kappa shape index (κ3) is 17.8. The molecule has 24 nitrogen and oxygen atoms in total. The number of hydrogen-bond acceptors (Lipinski definition) is 14. The molecule has 0 radical (unpaired) electrons. The lowest BCUT2D eigenvalue weighted by Gasteiger charge is -2.27. The third-order valence-electron chi connectivity index (χ3n) is 8.71. The van der Waals surface area contributed by atoms with Crippen LogP contribution in [0.15, 0.2) is 12.5 Å². The van der Waals surface area contributed by atoms with Gasteiger partial charge in [-0.25, -0.2) is 9.78 Å². The Morgan fingerprint density at radius 3 is 1.61 bits per heavy atom. The number of nitrogens with zero attached hydrogens (tertiary/aromatic N) is 1. The molecule has 0 saturated heterocycles. The van der Waals surface area contributed by atoms with Crippen molar-refractivity contribution in [3.63, 3.8) is 0 Å². The van der Waals surface area contributed by atoms with Gasteiger partial charge in [0.05, 0.1) is 31.7 Å². The Morgan fingerprint density at radius 1 is 0.678 bits per heavy atom. The number of amides is 8. The van der Waals surface area contributed by atoms with E-state index in [4.69, 9.17) is 11.5 Å². The molecule has 0 aliphatic carbocycles. The first kappa shape index (κ1) is 51.3. The second-order valence-electron chi connectivity index (χ2n) is 14.7. The summed E-state index contributed by atoms with van der Waals surface area (Å²) in [6, 6.07) is -11.8. The predicted octanol–water partition coefficient (Wildman–Crippen LogP) is -5.89. The zero-order valence-corrected chi connectivity index (χ0v) is 33.8. The first-order valence-corrected chi connectivity index (χ1v) is 18.8. The Kier molecular flexibility index (Phi) is 21.7. The minimum Gasteiger partial charge on any atom is -0.480 e. The lowest BCUT2D eigenvalue weighted by atomic mass is 10.0. The van der Waals surface area contributed by atoms with E-state index in [1.54, 1.807) is 27.7 Å². The van der Waals surface area contributed by atoms with Crippen LogP contribution in [0, 0.1) is 11.8 Å². The quantitative estimate of drug-likeness (QED) is 0.0413. The number of primary amides is 1.